The first-order valence-corrected chi connectivity index (χ1v) is 9.93. The van der Waals surface area contributed by atoms with Crippen molar-refractivity contribution in [3.8, 4) is 0 Å². The zero-order valence-electron chi connectivity index (χ0n) is 15.8. The van der Waals surface area contributed by atoms with E-state index in [0.717, 1.165) is 5.69 Å². The molecule has 2 N–H and O–H groups in total. The molecule has 0 spiro atoms. The van der Waals surface area contributed by atoms with Gasteiger partial charge in [0.1, 0.15) is 0 Å². The van der Waals surface area contributed by atoms with Crippen LogP contribution in [-0.2, 0) is 30.7 Å². The number of halogens is 2. The minimum absolute atomic E-state index is 0. The fourth-order valence-corrected chi connectivity index (χ4v) is 3.86. The van der Waals surface area contributed by atoms with Crippen LogP contribution in [0, 0.1) is 0 Å². The Morgan fingerprint density at radius 3 is 2.52 bits per heavy atom. The molecule has 27 heavy (non-hydrogen) atoms. The van der Waals surface area contributed by atoms with Crippen molar-refractivity contribution in [1.29, 1.82) is 0 Å². The highest BCUT2D eigenvalue weighted by Crippen LogP contribution is 2.14. The second-order valence-corrected chi connectivity index (χ2v) is 8.20. The summed E-state index contributed by atoms with van der Waals surface area (Å²) in [6, 6.07) is 3.47. The number of nitrogens with zero attached hydrogens (tertiary/aromatic N) is 4. The molecule has 0 aromatic carbocycles. The van der Waals surface area contributed by atoms with Gasteiger partial charge < -0.3 is 19.4 Å². The molecule has 0 saturated carbocycles. The number of aryl methyl sites for hydroxylation is 2. The topological polar surface area (TPSA) is 83.7 Å². The van der Waals surface area contributed by atoms with Gasteiger partial charge in [0, 0.05) is 65.6 Å². The Hall–Kier alpha value is -1.24. The Labute approximate surface area is 182 Å². The van der Waals surface area contributed by atoms with Crippen LogP contribution in [0.15, 0.2) is 40.6 Å². The van der Waals surface area contributed by atoms with E-state index >= 15 is 0 Å². The molecule has 152 valence electrons. The Bertz CT molecular complexity index is 877. The molecule has 0 saturated heterocycles. The van der Waals surface area contributed by atoms with Gasteiger partial charge in [-0.15, -0.1) is 24.0 Å². The zero-order valence-corrected chi connectivity index (χ0v) is 19.7. The lowest BCUT2D eigenvalue weighted by atomic mass is 10.4. The Morgan fingerprint density at radius 2 is 2.00 bits per heavy atom. The SMILES string of the molecule is CN=C(NCCNS(=O)(=O)c1ccn(C)c1)N(C)Cc1cc(Cl)cn1C.I. The van der Waals surface area contributed by atoms with Gasteiger partial charge in [-0.25, -0.2) is 13.1 Å². The largest absolute Gasteiger partial charge is 0.356 e. The molecular weight excluding hydrogens is 503 g/mol. The summed E-state index contributed by atoms with van der Waals surface area (Å²) in [4.78, 5) is 6.42. The molecule has 0 radical (unpaired) electrons. The van der Waals surface area contributed by atoms with Crippen LogP contribution in [0.2, 0.25) is 5.02 Å². The number of aromatic nitrogens is 2. The van der Waals surface area contributed by atoms with Gasteiger partial charge in [-0.1, -0.05) is 11.6 Å². The van der Waals surface area contributed by atoms with E-state index in [1.165, 1.54) is 0 Å². The number of nitrogens with one attached hydrogen (secondary N) is 2. The van der Waals surface area contributed by atoms with Crippen LogP contribution in [0.5, 0.6) is 0 Å². The highest BCUT2D eigenvalue weighted by molar-refractivity contribution is 14.0. The fourth-order valence-electron chi connectivity index (χ4n) is 2.51. The van der Waals surface area contributed by atoms with E-state index < -0.39 is 10.0 Å². The number of hydrogen-bond donors (Lipinski definition) is 2. The third kappa shape index (κ3) is 6.70. The predicted octanol–water partition coefficient (Wildman–Crippen LogP) is 1.62. The van der Waals surface area contributed by atoms with Gasteiger partial charge in [-0.05, 0) is 12.1 Å². The maximum absolute atomic E-state index is 12.2. The molecule has 0 unspecified atom stereocenters. The van der Waals surface area contributed by atoms with Gasteiger partial charge >= 0.3 is 0 Å². The van der Waals surface area contributed by atoms with Crippen LogP contribution >= 0.6 is 35.6 Å². The van der Waals surface area contributed by atoms with Crippen molar-refractivity contribution >= 4 is 51.6 Å². The summed E-state index contributed by atoms with van der Waals surface area (Å²) in [7, 11) is 3.81. The lowest BCUT2D eigenvalue weighted by Gasteiger charge is -2.22. The molecule has 2 heterocycles. The van der Waals surface area contributed by atoms with Crippen molar-refractivity contribution < 1.29 is 8.42 Å². The maximum Gasteiger partial charge on any atom is 0.242 e. The molecule has 2 aromatic rings. The molecule has 0 aliphatic heterocycles. The van der Waals surface area contributed by atoms with E-state index in [-0.39, 0.29) is 35.4 Å². The summed E-state index contributed by atoms with van der Waals surface area (Å²) in [5.74, 6) is 0.668. The Morgan fingerprint density at radius 1 is 1.30 bits per heavy atom. The lowest BCUT2D eigenvalue weighted by molar-refractivity contribution is 0.462. The second-order valence-electron chi connectivity index (χ2n) is 6.00. The van der Waals surface area contributed by atoms with Gasteiger partial charge in [0.25, 0.3) is 0 Å². The second kappa shape index (κ2) is 10.3. The summed E-state index contributed by atoms with van der Waals surface area (Å²) in [6.07, 6.45) is 5.10. The minimum atomic E-state index is -3.50. The van der Waals surface area contributed by atoms with E-state index in [1.54, 1.807) is 37.1 Å². The van der Waals surface area contributed by atoms with Gasteiger partial charge in [-0.3, -0.25) is 4.99 Å². The normalized spacial score (nSPS) is 12.0. The summed E-state index contributed by atoms with van der Waals surface area (Å²) in [6.45, 7) is 1.29. The first kappa shape index (κ1) is 23.8. The van der Waals surface area contributed by atoms with E-state index in [0.29, 0.717) is 24.1 Å². The molecular formula is C16H26ClIN6O2S. The van der Waals surface area contributed by atoms with E-state index in [2.05, 4.69) is 15.0 Å². The van der Waals surface area contributed by atoms with Gasteiger partial charge in [-0.2, -0.15) is 0 Å². The third-order valence-electron chi connectivity index (χ3n) is 3.86. The third-order valence-corrected chi connectivity index (χ3v) is 5.52. The predicted molar refractivity (Wildman–Crippen MR) is 119 cm³/mol. The quantitative estimate of drug-likeness (QED) is 0.248. The van der Waals surface area contributed by atoms with Crippen molar-refractivity contribution in [3.63, 3.8) is 0 Å². The monoisotopic (exact) mass is 528 g/mol. The Balaban J connectivity index is 0.00000364. The van der Waals surface area contributed by atoms with Gasteiger partial charge in [0.05, 0.1) is 16.5 Å². The molecule has 0 aliphatic rings. The number of aliphatic imine (C=N–C) groups is 1. The van der Waals surface area contributed by atoms with Crippen molar-refractivity contribution in [2.75, 3.05) is 27.2 Å². The maximum atomic E-state index is 12.2. The molecule has 2 aromatic heterocycles. The van der Waals surface area contributed by atoms with E-state index in [9.17, 15) is 8.42 Å². The van der Waals surface area contributed by atoms with Gasteiger partial charge in [0.2, 0.25) is 10.0 Å². The number of rotatable bonds is 7. The molecule has 2 rings (SSSR count). The Kier molecular flexibility index (Phi) is 9.12. The highest BCUT2D eigenvalue weighted by Gasteiger charge is 2.14. The van der Waals surface area contributed by atoms with Crippen LogP contribution in [-0.4, -0.2) is 55.6 Å². The van der Waals surface area contributed by atoms with E-state index in [1.807, 2.05) is 35.8 Å². The molecule has 0 bridgehead atoms. The highest BCUT2D eigenvalue weighted by atomic mass is 127. The number of guanidine groups is 1. The molecule has 0 aliphatic carbocycles. The first-order valence-electron chi connectivity index (χ1n) is 8.07. The van der Waals surface area contributed by atoms with Gasteiger partial charge in [0.15, 0.2) is 5.96 Å². The fraction of sp³-hybridized carbons (Fsp3) is 0.438. The summed E-state index contributed by atoms with van der Waals surface area (Å²) >= 11 is 6.01. The standard InChI is InChI=1S/C16H25ClN6O2S.HI/c1-18-16(23(4)11-14-9-13(17)10-22(14)3)19-6-7-20-26(24,25)15-5-8-21(2)12-15;/h5,8-10,12,20H,6-7,11H2,1-4H3,(H,18,19);1H. The molecule has 8 nitrogen and oxygen atoms in total. The average molecular weight is 529 g/mol. The minimum Gasteiger partial charge on any atom is -0.356 e. The number of hydrogen-bond acceptors (Lipinski definition) is 3. The van der Waals surface area contributed by atoms with Crippen molar-refractivity contribution in [2.45, 2.75) is 11.4 Å². The summed E-state index contributed by atoms with van der Waals surface area (Å²) in [5, 5.41) is 3.84. The lowest BCUT2D eigenvalue weighted by Crippen LogP contribution is -2.42. The van der Waals surface area contributed by atoms with Crippen LogP contribution < -0.4 is 10.0 Å². The van der Waals surface area contributed by atoms with Crippen LogP contribution in [0.25, 0.3) is 0 Å². The van der Waals surface area contributed by atoms with Crippen LogP contribution in [0.1, 0.15) is 5.69 Å². The van der Waals surface area contributed by atoms with Crippen molar-refractivity contribution in [1.82, 2.24) is 24.1 Å². The van der Waals surface area contributed by atoms with Crippen LogP contribution in [0.4, 0.5) is 0 Å². The average Bonchev–Trinajstić information content (AvgIpc) is 3.13. The summed E-state index contributed by atoms with van der Waals surface area (Å²) < 4.78 is 30.6. The smallest absolute Gasteiger partial charge is 0.242 e. The molecule has 0 fully saturated rings. The van der Waals surface area contributed by atoms with Crippen LogP contribution in [0.3, 0.4) is 0 Å². The zero-order chi connectivity index (χ0) is 19.3. The molecule has 0 amide bonds. The van der Waals surface area contributed by atoms with Crippen molar-refractivity contribution in [3.05, 3.63) is 41.4 Å². The van der Waals surface area contributed by atoms with E-state index in [4.69, 9.17) is 11.6 Å². The molecule has 0 atom stereocenters. The van der Waals surface area contributed by atoms with Crippen molar-refractivity contribution in [2.24, 2.45) is 19.1 Å². The summed E-state index contributed by atoms with van der Waals surface area (Å²) in [5.41, 5.74) is 1.05. The first-order chi connectivity index (χ1) is 12.2. The number of sulfonamides is 1. The molecule has 11 heteroatoms.